The lowest BCUT2D eigenvalue weighted by molar-refractivity contribution is 0.0774. The minimum Gasteiger partial charge on any atom is -0.334 e. The first kappa shape index (κ1) is 14.0. The molecule has 20 heavy (non-hydrogen) atoms. The molecular weight excluding hydrogens is 280 g/mol. The van der Waals surface area contributed by atoms with Gasteiger partial charge >= 0.3 is 0 Å². The molecule has 0 radical (unpaired) electrons. The third-order valence-corrected chi connectivity index (χ3v) is 2.53. The van der Waals surface area contributed by atoms with Crippen LogP contribution in [0, 0.1) is 23.3 Å². The second kappa shape index (κ2) is 5.27. The number of halogens is 4. The van der Waals surface area contributed by atoms with Crippen LogP contribution in [0.15, 0.2) is 12.4 Å². The molecule has 5 nitrogen and oxygen atoms in total. The van der Waals surface area contributed by atoms with Gasteiger partial charge in [-0.3, -0.25) is 9.89 Å². The van der Waals surface area contributed by atoms with Crippen molar-refractivity contribution in [2.45, 2.75) is 6.54 Å². The van der Waals surface area contributed by atoms with Crippen LogP contribution in [0.3, 0.4) is 0 Å². The summed E-state index contributed by atoms with van der Waals surface area (Å²) in [5.74, 6) is -8.09. The normalized spacial score (nSPS) is 10.7. The van der Waals surface area contributed by atoms with E-state index in [9.17, 15) is 22.4 Å². The number of hydrogen-bond acceptors (Lipinski definition) is 3. The molecule has 9 heteroatoms. The first-order chi connectivity index (χ1) is 9.41. The number of amides is 1. The van der Waals surface area contributed by atoms with E-state index in [2.05, 4.69) is 15.2 Å². The predicted octanol–water partition coefficient (Wildman–Crippen LogP) is 1.63. The van der Waals surface area contributed by atoms with Crippen LogP contribution in [0.25, 0.3) is 0 Å². The Bertz CT molecular complexity index is 644. The molecule has 0 atom stereocenters. The Morgan fingerprint density at radius 1 is 1.25 bits per heavy atom. The van der Waals surface area contributed by atoms with E-state index < -0.39 is 34.7 Å². The van der Waals surface area contributed by atoms with Crippen LogP contribution in [0.4, 0.5) is 17.6 Å². The Morgan fingerprint density at radius 2 is 1.95 bits per heavy atom. The zero-order valence-electron chi connectivity index (χ0n) is 10.1. The van der Waals surface area contributed by atoms with E-state index in [0.717, 1.165) is 4.90 Å². The lowest BCUT2D eigenvalue weighted by Crippen LogP contribution is -2.28. The number of carbonyl (C=O) groups is 1. The van der Waals surface area contributed by atoms with Crippen LogP contribution in [0.2, 0.25) is 0 Å². The highest BCUT2D eigenvalue weighted by atomic mass is 19.2. The minimum absolute atomic E-state index is 0.0844. The maximum Gasteiger partial charge on any atom is 0.257 e. The van der Waals surface area contributed by atoms with Crippen molar-refractivity contribution >= 4 is 5.91 Å². The SMILES string of the molecule is CN(Cc1ncn[nH]1)C(=O)c1cc(F)c(F)c(F)c1F. The summed E-state index contributed by atoms with van der Waals surface area (Å²) >= 11 is 0. The van der Waals surface area contributed by atoms with Gasteiger partial charge in [-0.2, -0.15) is 5.10 Å². The Hall–Kier alpha value is -2.45. The molecule has 0 fully saturated rings. The molecule has 1 aromatic heterocycles. The lowest BCUT2D eigenvalue weighted by Gasteiger charge is -2.16. The fourth-order valence-corrected chi connectivity index (χ4v) is 1.54. The molecule has 1 N–H and O–H groups in total. The van der Waals surface area contributed by atoms with Gasteiger partial charge in [-0.05, 0) is 6.07 Å². The number of benzene rings is 1. The fraction of sp³-hybridized carbons (Fsp3) is 0.182. The molecule has 0 saturated heterocycles. The third kappa shape index (κ3) is 2.46. The number of aromatic nitrogens is 3. The molecule has 2 aromatic rings. The third-order valence-electron chi connectivity index (χ3n) is 2.53. The van der Waals surface area contributed by atoms with Gasteiger partial charge in [-0.1, -0.05) is 0 Å². The molecule has 1 amide bonds. The first-order valence-electron chi connectivity index (χ1n) is 5.34. The van der Waals surface area contributed by atoms with Gasteiger partial charge in [-0.15, -0.1) is 0 Å². The van der Waals surface area contributed by atoms with Crippen molar-refractivity contribution in [3.05, 3.63) is 47.1 Å². The highest BCUT2D eigenvalue weighted by Gasteiger charge is 2.25. The molecule has 0 aliphatic rings. The van der Waals surface area contributed by atoms with Gasteiger partial charge in [-0.25, -0.2) is 22.5 Å². The summed E-state index contributed by atoms with van der Waals surface area (Å²) in [6.07, 6.45) is 1.20. The molecule has 0 aliphatic carbocycles. The highest BCUT2D eigenvalue weighted by Crippen LogP contribution is 2.20. The van der Waals surface area contributed by atoms with Crippen LogP contribution in [-0.2, 0) is 6.54 Å². The summed E-state index contributed by atoms with van der Waals surface area (Å²) in [6, 6.07) is 0.312. The summed E-state index contributed by atoms with van der Waals surface area (Å²) in [5, 5.41) is 6.01. The number of H-pyrrole nitrogens is 1. The average molecular weight is 288 g/mol. The van der Waals surface area contributed by atoms with Crippen LogP contribution in [-0.4, -0.2) is 33.0 Å². The van der Waals surface area contributed by atoms with Crippen molar-refractivity contribution < 1.29 is 22.4 Å². The average Bonchev–Trinajstić information content (AvgIpc) is 2.92. The summed E-state index contributed by atoms with van der Waals surface area (Å²) in [4.78, 5) is 16.6. The van der Waals surface area contributed by atoms with Crippen LogP contribution >= 0.6 is 0 Å². The standard InChI is InChI=1S/C11H8F4N4O/c1-19(3-7-16-4-17-18-7)11(20)5-2-6(12)9(14)10(15)8(5)13/h2,4H,3H2,1H3,(H,16,17,18). The van der Waals surface area contributed by atoms with Crippen molar-refractivity contribution in [3.8, 4) is 0 Å². The Balaban J connectivity index is 2.29. The molecule has 0 saturated carbocycles. The summed E-state index contributed by atoms with van der Waals surface area (Å²) in [6.45, 7) is -0.0844. The minimum atomic E-state index is -2.03. The van der Waals surface area contributed by atoms with Gasteiger partial charge < -0.3 is 4.90 Å². The molecule has 1 aromatic carbocycles. The number of carbonyl (C=O) groups excluding carboxylic acids is 1. The number of nitrogens with one attached hydrogen (secondary N) is 1. The van der Waals surface area contributed by atoms with E-state index in [4.69, 9.17) is 0 Å². The topological polar surface area (TPSA) is 61.9 Å². The second-order valence-electron chi connectivity index (χ2n) is 3.94. The molecule has 0 bridgehead atoms. The lowest BCUT2D eigenvalue weighted by atomic mass is 10.1. The molecule has 1 heterocycles. The number of hydrogen-bond donors (Lipinski definition) is 1. The van der Waals surface area contributed by atoms with Crippen LogP contribution in [0.1, 0.15) is 16.2 Å². The molecule has 106 valence electrons. The van der Waals surface area contributed by atoms with Gasteiger partial charge in [0.1, 0.15) is 12.2 Å². The van der Waals surface area contributed by atoms with E-state index >= 15 is 0 Å². The summed E-state index contributed by atoms with van der Waals surface area (Å²) < 4.78 is 52.4. The monoisotopic (exact) mass is 288 g/mol. The number of nitrogens with zero attached hydrogens (tertiary/aromatic N) is 3. The quantitative estimate of drug-likeness (QED) is 0.530. The zero-order chi connectivity index (χ0) is 14.9. The van der Waals surface area contributed by atoms with E-state index in [-0.39, 0.29) is 6.54 Å². The molecular formula is C11H8F4N4O. The smallest absolute Gasteiger partial charge is 0.257 e. The maximum absolute atomic E-state index is 13.5. The van der Waals surface area contributed by atoms with Crippen LogP contribution in [0.5, 0.6) is 0 Å². The molecule has 0 aliphatic heterocycles. The summed E-state index contributed by atoms with van der Waals surface area (Å²) in [7, 11) is 1.27. The van der Waals surface area contributed by atoms with Gasteiger partial charge in [0.2, 0.25) is 0 Å². The van der Waals surface area contributed by atoms with Crippen molar-refractivity contribution in [2.75, 3.05) is 7.05 Å². The number of rotatable bonds is 3. The molecule has 0 unspecified atom stereocenters. The van der Waals surface area contributed by atoms with E-state index in [1.165, 1.54) is 13.4 Å². The Kier molecular flexibility index (Phi) is 3.68. The fourth-order valence-electron chi connectivity index (χ4n) is 1.54. The predicted molar refractivity (Wildman–Crippen MR) is 58.5 cm³/mol. The summed E-state index contributed by atoms with van der Waals surface area (Å²) in [5.41, 5.74) is -0.900. The van der Waals surface area contributed by atoms with Crippen molar-refractivity contribution in [1.82, 2.24) is 20.1 Å². The Morgan fingerprint density at radius 3 is 2.55 bits per heavy atom. The van der Waals surface area contributed by atoms with Crippen LogP contribution < -0.4 is 0 Å². The van der Waals surface area contributed by atoms with Gasteiger partial charge in [0, 0.05) is 7.05 Å². The van der Waals surface area contributed by atoms with E-state index in [0.29, 0.717) is 11.9 Å². The molecule has 0 spiro atoms. The zero-order valence-corrected chi connectivity index (χ0v) is 10.1. The van der Waals surface area contributed by atoms with Crippen molar-refractivity contribution in [1.29, 1.82) is 0 Å². The largest absolute Gasteiger partial charge is 0.334 e. The Labute approximate surface area is 110 Å². The van der Waals surface area contributed by atoms with E-state index in [1.54, 1.807) is 0 Å². The molecule has 2 rings (SSSR count). The van der Waals surface area contributed by atoms with Gasteiger partial charge in [0.25, 0.3) is 5.91 Å². The first-order valence-corrected chi connectivity index (χ1v) is 5.34. The highest BCUT2D eigenvalue weighted by molar-refractivity contribution is 5.94. The van der Waals surface area contributed by atoms with Crippen molar-refractivity contribution in [2.24, 2.45) is 0 Å². The van der Waals surface area contributed by atoms with E-state index in [1.807, 2.05) is 0 Å². The maximum atomic E-state index is 13.5. The van der Waals surface area contributed by atoms with Crippen molar-refractivity contribution in [3.63, 3.8) is 0 Å². The van der Waals surface area contributed by atoms with Gasteiger partial charge in [0.15, 0.2) is 23.3 Å². The second-order valence-corrected chi connectivity index (χ2v) is 3.94. The number of aromatic amines is 1. The van der Waals surface area contributed by atoms with Gasteiger partial charge in [0.05, 0.1) is 12.1 Å².